The summed E-state index contributed by atoms with van der Waals surface area (Å²) in [7, 11) is 0. The van der Waals surface area contributed by atoms with Gasteiger partial charge in [0.25, 0.3) is 0 Å². The highest BCUT2D eigenvalue weighted by molar-refractivity contribution is 5.49. The van der Waals surface area contributed by atoms with E-state index in [4.69, 9.17) is 5.11 Å². The van der Waals surface area contributed by atoms with Crippen LogP contribution in [-0.2, 0) is 4.79 Å². The molecule has 0 aliphatic rings. The van der Waals surface area contributed by atoms with Crippen LogP contribution in [-0.4, -0.2) is 11.4 Å². The molecule has 0 saturated carbocycles. The molecule has 0 aliphatic heterocycles. The lowest BCUT2D eigenvalue weighted by molar-refractivity contribution is -0.108. The third-order valence-corrected chi connectivity index (χ3v) is 1.07. The van der Waals surface area contributed by atoms with E-state index in [1.807, 2.05) is 13.8 Å². The minimum Gasteiger partial charge on any atom is -0.508 e. The molecule has 0 aromatic heterocycles. The van der Waals surface area contributed by atoms with Gasteiger partial charge in [-0.2, -0.15) is 0 Å². The molecule has 13 heavy (non-hydrogen) atoms. The number of carbonyl (C=O) groups excluding carboxylic acids is 1. The number of hydrogen-bond acceptors (Lipinski definition) is 2. The lowest BCUT2D eigenvalue weighted by Crippen LogP contribution is -1.84. The summed E-state index contributed by atoms with van der Waals surface area (Å²) in [6, 6.07) is 0. The standard InChI is InChI=1S/C6H8O.C5H10O/c1-3-5-6(7)4-2;1-5(2)3-4-6/h3-5,7H,1-2H2;4-5H,3H2,1-2H3/b6-5+;. The molecule has 0 bridgehead atoms. The van der Waals surface area contributed by atoms with Crippen molar-refractivity contribution in [3.05, 3.63) is 37.1 Å². The smallest absolute Gasteiger partial charge is 0.120 e. The number of hydrogen-bond donors (Lipinski definition) is 1. The minimum absolute atomic E-state index is 0.148. The van der Waals surface area contributed by atoms with Gasteiger partial charge in [-0.25, -0.2) is 0 Å². The summed E-state index contributed by atoms with van der Waals surface area (Å²) in [4.78, 5) is 9.62. The van der Waals surface area contributed by atoms with E-state index in [0.717, 1.165) is 6.29 Å². The van der Waals surface area contributed by atoms with Gasteiger partial charge in [-0.05, 0) is 18.1 Å². The van der Waals surface area contributed by atoms with Crippen molar-refractivity contribution < 1.29 is 9.90 Å². The molecular formula is C11H18O2. The summed E-state index contributed by atoms with van der Waals surface area (Å²) in [5.74, 6) is 0.678. The van der Waals surface area contributed by atoms with Crippen LogP contribution in [0.3, 0.4) is 0 Å². The molecule has 0 aromatic rings. The highest BCUT2D eigenvalue weighted by Gasteiger charge is 1.85. The SMILES string of the molecule is C=C/C=C(/O)C=C.CC(C)CC=O. The van der Waals surface area contributed by atoms with Crippen molar-refractivity contribution >= 4 is 6.29 Å². The van der Waals surface area contributed by atoms with Gasteiger partial charge in [0.15, 0.2) is 0 Å². The van der Waals surface area contributed by atoms with E-state index >= 15 is 0 Å². The fourth-order valence-corrected chi connectivity index (χ4v) is 0.381. The number of carbonyl (C=O) groups is 1. The molecule has 2 heteroatoms. The maximum absolute atomic E-state index is 9.62. The first-order valence-electron chi connectivity index (χ1n) is 4.16. The zero-order valence-electron chi connectivity index (χ0n) is 8.36. The zero-order chi connectivity index (χ0) is 10.7. The maximum Gasteiger partial charge on any atom is 0.120 e. The molecule has 0 unspecified atom stereocenters. The molecule has 0 amide bonds. The quantitative estimate of drug-likeness (QED) is 0.412. The average molecular weight is 182 g/mol. The maximum atomic E-state index is 9.62. The van der Waals surface area contributed by atoms with Gasteiger partial charge in [-0.3, -0.25) is 0 Å². The highest BCUT2D eigenvalue weighted by atomic mass is 16.3. The summed E-state index contributed by atoms with van der Waals surface area (Å²) >= 11 is 0. The van der Waals surface area contributed by atoms with Crippen LogP contribution in [0.2, 0.25) is 0 Å². The molecule has 0 fully saturated rings. The first kappa shape index (κ1) is 14.2. The second-order valence-corrected chi connectivity index (χ2v) is 2.83. The number of allylic oxidation sites excluding steroid dienone is 3. The van der Waals surface area contributed by atoms with Gasteiger partial charge < -0.3 is 9.90 Å². The van der Waals surface area contributed by atoms with E-state index in [1.54, 1.807) is 0 Å². The Bertz CT molecular complexity index is 179. The van der Waals surface area contributed by atoms with Gasteiger partial charge in [0.2, 0.25) is 0 Å². The lowest BCUT2D eigenvalue weighted by Gasteiger charge is -1.89. The van der Waals surface area contributed by atoms with Gasteiger partial charge >= 0.3 is 0 Å². The van der Waals surface area contributed by atoms with Crippen molar-refractivity contribution in [2.24, 2.45) is 5.92 Å². The van der Waals surface area contributed by atoms with Crippen LogP contribution in [0.15, 0.2) is 37.1 Å². The zero-order valence-corrected chi connectivity index (χ0v) is 8.36. The summed E-state index contributed by atoms with van der Waals surface area (Å²) in [5, 5.41) is 8.53. The molecule has 2 nitrogen and oxygen atoms in total. The van der Waals surface area contributed by atoms with Gasteiger partial charge in [0.1, 0.15) is 12.0 Å². The molecule has 0 radical (unpaired) electrons. The summed E-state index contributed by atoms with van der Waals surface area (Å²) in [6.07, 6.45) is 5.95. The Labute approximate surface area is 80.3 Å². The highest BCUT2D eigenvalue weighted by Crippen LogP contribution is 1.92. The largest absolute Gasteiger partial charge is 0.508 e. The molecule has 0 rings (SSSR count). The Kier molecular flexibility index (Phi) is 11.7. The predicted octanol–water partition coefficient (Wildman–Crippen LogP) is 3.03. The first-order chi connectivity index (χ1) is 6.08. The van der Waals surface area contributed by atoms with Crippen LogP contribution in [0, 0.1) is 5.92 Å². The predicted molar refractivity (Wildman–Crippen MR) is 56.6 cm³/mol. The Balaban J connectivity index is 0. The van der Waals surface area contributed by atoms with E-state index in [0.29, 0.717) is 12.3 Å². The lowest BCUT2D eigenvalue weighted by atomic mass is 10.2. The van der Waals surface area contributed by atoms with E-state index in [2.05, 4.69) is 13.2 Å². The fraction of sp³-hybridized carbons (Fsp3) is 0.364. The summed E-state index contributed by atoms with van der Waals surface area (Å²) in [5.41, 5.74) is 0. The Morgan fingerprint density at radius 3 is 2.08 bits per heavy atom. The second-order valence-electron chi connectivity index (χ2n) is 2.83. The van der Waals surface area contributed by atoms with Crippen molar-refractivity contribution in [2.45, 2.75) is 20.3 Å². The van der Waals surface area contributed by atoms with Crippen molar-refractivity contribution in [2.75, 3.05) is 0 Å². The van der Waals surface area contributed by atoms with E-state index < -0.39 is 0 Å². The summed E-state index contributed by atoms with van der Waals surface area (Å²) < 4.78 is 0. The topological polar surface area (TPSA) is 37.3 Å². The Hall–Kier alpha value is -1.31. The third-order valence-electron chi connectivity index (χ3n) is 1.07. The van der Waals surface area contributed by atoms with Gasteiger partial charge in [-0.15, -0.1) is 0 Å². The molecule has 0 aromatic carbocycles. The molecule has 0 saturated heterocycles. The Morgan fingerprint density at radius 2 is 2.00 bits per heavy atom. The summed E-state index contributed by atoms with van der Waals surface area (Å²) in [6.45, 7) is 10.7. The molecular weight excluding hydrogens is 164 g/mol. The molecule has 0 atom stereocenters. The van der Waals surface area contributed by atoms with Gasteiger partial charge in [0.05, 0.1) is 0 Å². The monoisotopic (exact) mass is 182 g/mol. The van der Waals surface area contributed by atoms with Gasteiger partial charge in [0, 0.05) is 6.42 Å². The molecule has 74 valence electrons. The molecule has 0 aliphatic carbocycles. The van der Waals surface area contributed by atoms with Crippen molar-refractivity contribution in [3.8, 4) is 0 Å². The number of aliphatic hydroxyl groups excluding tert-OH is 1. The molecule has 1 N–H and O–H groups in total. The molecule has 0 spiro atoms. The number of aliphatic hydroxyl groups is 1. The minimum atomic E-state index is 0.148. The van der Waals surface area contributed by atoms with Crippen LogP contribution in [0.1, 0.15) is 20.3 Å². The van der Waals surface area contributed by atoms with E-state index in [9.17, 15) is 4.79 Å². The number of aldehydes is 1. The fourth-order valence-electron chi connectivity index (χ4n) is 0.381. The van der Waals surface area contributed by atoms with Crippen molar-refractivity contribution in [1.29, 1.82) is 0 Å². The van der Waals surface area contributed by atoms with Crippen molar-refractivity contribution in [1.82, 2.24) is 0 Å². The third kappa shape index (κ3) is 18.0. The van der Waals surface area contributed by atoms with Crippen LogP contribution in [0.5, 0.6) is 0 Å². The number of rotatable bonds is 4. The van der Waals surface area contributed by atoms with Crippen LogP contribution < -0.4 is 0 Å². The van der Waals surface area contributed by atoms with E-state index in [-0.39, 0.29) is 5.76 Å². The van der Waals surface area contributed by atoms with Crippen molar-refractivity contribution in [3.63, 3.8) is 0 Å². The molecule has 0 heterocycles. The Morgan fingerprint density at radius 1 is 1.46 bits per heavy atom. The van der Waals surface area contributed by atoms with Crippen LogP contribution in [0.4, 0.5) is 0 Å². The second kappa shape index (κ2) is 10.7. The van der Waals surface area contributed by atoms with Gasteiger partial charge in [-0.1, -0.05) is 33.1 Å². The van der Waals surface area contributed by atoms with Crippen LogP contribution >= 0.6 is 0 Å². The normalized spacial score (nSPS) is 9.92. The van der Waals surface area contributed by atoms with Crippen LogP contribution in [0.25, 0.3) is 0 Å². The van der Waals surface area contributed by atoms with E-state index in [1.165, 1.54) is 18.2 Å². The first-order valence-corrected chi connectivity index (χ1v) is 4.16. The average Bonchev–Trinajstić information content (AvgIpc) is 2.05.